The van der Waals surface area contributed by atoms with Crippen LogP contribution in [0.2, 0.25) is 0 Å². The fraction of sp³-hybridized carbons (Fsp3) is 0.462. The second-order valence-electron chi connectivity index (χ2n) is 9.13. The molecule has 2 aliphatic heterocycles. The van der Waals surface area contributed by atoms with Gasteiger partial charge in [0.2, 0.25) is 0 Å². The third-order valence-corrected chi connectivity index (χ3v) is 6.95. The largest absolute Gasteiger partial charge is 0.378 e. The summed E-state index contributed by atoms with van der Waals surface area (Å²) in [5, 5.41) is 4.59. The Kier molecular flexibility index (Phi) is 6.52. The maximum atomic E-state index is 14.4. The van der Waals surface area contributed by atoms with E-state index in [1.54, 1.807) is 12.1 Å². The van der Waals surface area contributed by atoms with E-state index in [9.17, 15) is 4.39 Å². The summed E-state index contributed by atoms with van der Waals surface area (Å²) >= 11 is 0. The second kappa shape index (κ2) is 9.72. The highest BCUT2D eigenvalue weighted by atomic mass is 19.1. The number of pyridine rings is 2. The van der Waals surface area contributed by atoms with Crippen molar-refractivity contribution in [2.45, 2.75) is 20.8 Å². The predicted octanol–water partition coefficient (Wildman–Crippen LogP) is 4.11. The number of piperazine rings is 1. The Labute approximate surface area is 200 Å². The van der Waals surface area contributed by atoms with Crippen molar-refractivity contribution in [2.75, 3.05) is 74.1 Å². The summed E-state index contributed by atoms with van der Waals surface area (Å²) in [4.78, 5) is 16.5. The molecule has 0 saturated carbocycles. The molecular weight excluding hydrogens is 431 g/mol. The monoisotopic (exact) mass is 464 g/mol. The van der Waals surface area contributed by atoms with Crippen LogP contribution in [0.1, 0.15) is 18.1 Å². The first-order chi connectivity index (χ1) is 16.5. The number of nitrogens with one attached hydrogen (secondary N) is 1. The van der Waals surface area contributed by atoms with Gasteiger partial charge in [-0.3, -0.25) is 4.98 Å². The number of morpholine rings is 1. The van der Waals surface area contributed by atoms with Crippen LogP contribution in [-0.2, 0) is 4.74 Å². The average Bonchev–Trinajstić information content (AvgIpc) is 2.86. The number of halogens is 1. The Balaban J connectivity index is 1.55. The van der Waals surface area contributed by atoms with Gasteiger partial charge in [-0.25, -0.2) is 9.37 Å². The fourth-order valence-electron chi connectivity index (χ4n) is 5.01. The summed E-state index contributed by atoms with van der Waals surface area (Å²) in [6.45, 7) is 14.3. The maximum Gasteiger partial charge on any atom is 0.134 e. The second-order valence-corrected chi connectivity index (χ2v) is 9.13. The summed E-state index contributed by atoms with van der Waals surface area (Å²) in [7, 11) is 0. The number of aryl methyl sites for hydroxylation is 1. The minimum absolute atomic E-state index is 0.259. The average molecular weight is 465 g/mol. The van der Waals surface area contributed by atoms with Gasteiger partial charge in [0, 0.05) is 56.3 Å². The molecule has 2 saturated heterocycles. The number of benzene rings is 1. The van der Waals surface area contributed by atoms with Crippen molar-refractivity contribution in [3.05, 3.63) is 47.5 Å². The standard InChI is InChI=1S/C26H33FN6O/c1-4-31-5-7-33(8-6-31)26-19(3)25(24-18(2)13-20(27)14-23(24)30-26)29-21-15-22(17-28-16-21)32-9-11-34-12-10-32/h13-17H,4-12H2,1-3H3,(H,29,30). The number of fused-ring (bicyclic) bond motifs is 1. The Morgan fingerprint density at radius 1 is 0.971 bits per heavy atom. The number of anilines is 4. The van der Waals surface area contributed by atoms with Crippen LogP contribution in [0.3, 0.4) is 0 Å². The van der Waals surface area contributed by atoms with Gasteiger partial charge in [-0.2, -0.15) is 0 Å². The zero-order valence-electron chi connectivity index (χ0n) is 20.3. The van der Waals surface area contributed by atoms with Gasteiger partial charge in [0.25, 0.3) is 0 Å². The molecule has 2 fully saturated rings. The number of nitrogens with zero attached hydrogens (tertiary/aromatic N) is 5. The molecule has 0 radical (unpaired) electrons. The molecule has 0 atom stereocenters. The number of hydrogen-bond acceptors (Lipinski definition) is 7. The third kappa shape index (κ3) is 4.52. The molecule has 34 heavy (non-hydrogen) atoms. The Bertz CT molecular complexity index is 1170. The van der Waals surface area contributed by atoms with Gasteiger partial charge in [0.05, 0.1) is 48.2 Å². The van der Waals surface area contributed by atoms with Gasteiger partial charge >= 0.3 is 0 Å². The van der Waals surface area contributed by atoms with Crippen molar-refractivity contribution in [3.8, 4) is 0 Å². The minimum atomic E-state index is -0.259. The molecule has 4 heterocycles. The SMILES string of the molecule is CCN1CCN(c2nc3cc(F)cc(C)c3c(Nc3cncc(N4CCOCC4)c3)c2C)CC1. The van der Waals surface area contributed by atoms with Gasteiger partial charge in [-0.15, -0.1) is 0 Å². The fourth-order valence-corrected chi connectivity index (χ4v) is 5.01. The first kappa shape index (κ1) is 22.8. The van der Waals surface area contributed by atoms with E-state index in [0.29, 0.717) is 5.52 Å². The molecule has 3 aromatic rings. The summed E-state index contributed by atoms with van der Waals surface area (Å²) < 4.78 is 19.9. The summed E-state index contributed by atoms with van der Waals surface area (Å²) in [6, 6.07) is 5.25. The topological polar surface area (TPSA) is 56.8 Å². The maximum absolute atomic E-state index is 14.4. The highest BCUT2D eigenvalue weighted by molar-refractivity contribution is 5.99. The molecule has 0 bridgehead atoms. The lowest BCUT2D eigenvalue weighted by Gasteiger charge is -2.36. The highest BCUT2D eigenvalue weighted by Crippen LogP contribution is 2.37. The van der Waals surface area contributed by atoms with E-state index in [1.807, 2.05) is 19.3 Å². The van der Waals surface area contributed by atoms with Crippen molar-refractivity contribution < 1.29 is 9.13 Å². The van der Waals surface area contributed by atoms with Gasteiger partial charge in [0.1, 0.15) is 11.6 Å². The van der Waals surface area contributed by atoms with Crippen LogP contribution in [0.25, 0.3) is 10.9 Å². The first-order valence-corrected chi connectivity index (χ1v) is 12.2. The van der Waals surface area contributed by atoms with Crippen LogP contribution in [0.15, 0.2) is 30.6 Å². The zero-order chi connectivity index (χ0) is 23.7. The number of ether oxygens (including phenoxy) is 1. The van der Waals surface area contributed by atoms with E-state index in [0.717, 1.165) is 98.4 Å². The van der Waals surface area contributed by atoms with Gasteiger partial charge in [-0.1, -0.05) is 6.92 Å². The van der Waals surface area contributed by atoms with Crippen LogP contribution >= 0.6 is 0 Å². The van der Waals surface area contributed by atoms with Crippen molar-refractivity contribution >= 4 is 33.8 Å². The van der Waals surface area contributed by atoms with Gasteiger partial charge in [0.15, 0.2) is 0 Å². The third-order valence-electron chi connectivity index (χ3n) is 6.95. The Morgan fingerprint density at radius 3 is 2.47 bits per heavy atom. The number of hydrogen-bond donors (Lipinski definition) is 1. The predicted molar refractivity (Wildman–Crippen MR) is 136 cm³/mol. The van der Waals surface area contributed by atoms with E-state index < -0.39 is 0 Å². The van der Waals surface area contributed by atoms with Crippen LogP contribution in [0.4, 0.5) is 27.3 Å². The van der Waals surface area contributed by atoms with Crippen molar-refractivity contribution in [2.24, 2.45) is 0 Å². The van der Waals surface area contributed by atoms with E-state index in [1.165, 1.54) is 0 Å². The molecular formula is C26H33FN6O. The Hall–Kier alpha value is -2.97. The smallest absolute Gasteiger partial charge is 0.134 e. The molecule has 7 nitrogen and oxygen atoms in total. The molecule has 0 unspecified atom stereocenters. The molecule has 180 valence electrons. The molecule has 0 amide bonds. The van der Waals surface area contributed by atoms with Crippen LogP contribution in [-0.4, -0.2) is 73.9 Å². The first-order valence-electron chi connectivity index (χ1n) is 12.2. The zero-order valence-corrected chi connectivity index (χ0v) is 20.3. The quantitative estimate of drug-likeness (QED) is 0.610. The number of likely N-dealkylation sites (N-methyl/N-ethyl adjacent to an activating group) is 1. The number of aromatic nitrogens is 2. The Morgan fingerprint density at radius 2 is 1.74 bits per heavy atom. The molecule has 2 aromatic heterocycles. The summed E-state index contributed by atoms with van der Waals surface area (Å²) in [5.41, 5.74) is 5.57. The van der Waals surface area contributed by atoms with E-state index >= 15 is 0 Å². The summed E-state index contributed by atoms with van der Waals surface area (Å²) in [6.07, 6.45) is 3.74. The molecule has 1 aromatic carbocycles. The highest BCUT2D eigenvalue weighted by Gasteiger charge is 2.23. The van der Waals surface area contributed by atoms with E-state index in [4.69, 9.17) is 9.72 Å². The molecule has 0 spiro atoms. The molecule has 0 aliphatic carbocycles. The molecule has 5 rings (SSSR count). The van der Waals surface area contributed by atoms with E-state index in [2.05, 4.69) is 44.9 Å². The summed E-state index contributed by atoms with van der Waals surface area (Å²) in [5.74, 6) is 0.665. The lowest BCUT2D eigenvalue weighted by Crippen LogP contribution is -2.46. The van der Waals surface area contributed by atoms with Crippen LogP contribution < -0.4 is 15.1 Å². The van der Waals surface area contributed by atoms with Gasteiger partial charge in [-0.05, 0) is 38.1 Å². The molecule has 8 heteroatoms. The van der Waals surface area contributed by atoms with Crippen molar-refractivity contribution in [1.29, 1.82) is 0 Å². The molecule has 2 aliphatic rings. The van der Waals surface area contributed by atoms with Crippen molar-refractivity contribution in [1.82, 2.24) is 14.9 Å². The normalized spacial score (nSPS) is 17.4. The number of rotatable bonds is 5. The van der Waals surface area contributed by atoms with E-state index in [-0.39, 0.29) is 5.82 Å². The molecule has 1 N–H and O–H groups in total. The van der Waals surface area contributed by atoms with Crippen molar-refractivity contribution in [3.63, 3.8) is 0 Å². The van der Waals surface area contributed by atoms with Crippen LogP contribution in [0.5, 0.6) is 0 Å². The van der Waals surface area contributed by atoms with Crippen LogP contribution in [0, 0.1) is 19.7 Å². The minimum Gasteiger partial charge on any atom is -0.378 e. The lowest BCUT2D eigenvalue weighted by atomic mass is 10.0. The lowest BCUT2D eigenvalue weighted by molar-refractivity contribution is 0.122. The van der Waals surface area contributed by atoms with Gasteiger partial charge < -0.3 is 24.8 Å².